The van der Waals surface area contributed by atoms with Crippen LogP contribution in [0.15, 0.2) is 24.3 Å². The molecule has 0 bridgehead atoms. The van der Waals surface area contributed by atoms with Crippen LogP contribution in [0.2, 0.25) is 0 Å². The van der Waals surface area contributed by atoms with Gasteiger partial charge in [-0.05, 0) is 31.2 Å². The molecule has 1 aliphatic carbocycles. The van der Waals surface area contributed by atoms with E-state index < -0.39 is 5.82 Å². The summed E-state index contributed by atoms with van der Waals surface area (Å²) in [6, 6.07) is 6.19. The van der Waals surface area contributed by atoms with Crippen LogP contribution < -0.4 is 10.6 Å². The van der Waals surface area contributed by atoms with Gasteiger partial charge in [0.25, 0.3) is 0 Å². The predicted octanol–water partition coefficient (Wildman–Crippen LogP) is 2.64. The Hall–Kier alpha value is -1.07. The highest BCUT2D eigenvalue weighted by molar-refractivity contribution is 8.00. The van der Waals surface area contributed by atoms with E-state index in [0.29, 0.717) is 4.75 Å². The third kappa shape index (κ3) is 3.70. The first-order valence-electron chi connectivity index (χ1n) is 6.45. The normalized spacial score (nSPS) is 16.7. The number of para-hydroxylation sites is 1. The zero-order valence-electron chi connectivity index (χ0n) is 11.0. The molecule has 104 valence electrons. The smallest absolute Gasteiger partial charge is 0.238 e. The zero-order chi connectivity index (χ0) is 13.7. The van der Waals surface area contributed by atoms with Crippen molar-refractivity contribution < 1.29 is 9.18 Å². The van der Waals surface area contributed by atoms with Crippen LogP contribution in [-0.4, -0.2) is 30.0 Å². The molecular formula is C14H19FN2OS. The lowest BCUT2D eigenvalue weighted by molar-refractivity contribution is -0.115. The number of carbonyl (C=O) groups excluding carboxylic acids is 1. The summed E-state index contributed by atoms with van der Waals surface area (Å²) in [7, 11) is 0. The number of halogens is 1. The van der Waals surface area contributed by atoms with E-state index in [1.165, 1.54) is 25.3 Å². The maximum atomic E-state index is 13.3. The summed E-state index contributed by atoms with van der Waals surface area (Å²) in [5.41, 5.74) is 0.234. The van der Waals surface area contributed by atoms with Crippen molar-refractivity contribution in [1.29, 1.82) is 0 Å². The van der Waals surface area contributed by atoms with Gasteiger partial charge in [0, 0.05) is 11.3 Å². The molecule has 1 aromatic carbocycles. The van der Waals surface area contributed by atoms with Gasteiger partial charge >= 0.3 is 0 Å². The van der Waals surface area contributed by atoms with Crippen LogP contribution in [0.4, 0.5) is 10.1 Å². The van der Waals surface area contributed by atoms with Crippen molar-refractivity contribution in [3.8, 4) is 0 Å². The highest BCUT2D eigenvalue weighted by Crippen LogP contribution is 2.42. The highest BCUT2D eigenvalue weighted by atomic mass is 32.2. The predicted molar refractivity (Wildman–Crippen MR) is 78.0 cm³/mol. The summed E-state index contributed by atoms with van der Waals surface area (Å²) in [4.78, 5) is 11.7. The van der Waals surface area contributed by atoms with E-state index in [1.54, 1.807) is 18.2 Å². The fourth-order valence-corrected chi connectivity index (χ4v) is 3.13. The van der Waals surface area contributed by atoms with Gasteiger partial charge in [-0.25, -0.2) is 4.39 Å². The average molecular weight is 282 g/mol. The molecule has 0 unspecified atom stereocenters. The second-order valence-electron chi connectivity index (χ2n) is 4.87. The van der Waals surface area contributed by atoms with Crippen LogP contribution in [0, 0.1) is 5.82 Å². The van der Waals surface area contributed by atoms with Crippen LogP contribution in [0.25, 0.3) is 0 Å². The van der Waals surface area contributed by atoms with Gasteiger partial charge in [-0.2, -0.15) is 11.8 Å². The number of carbonyl (C=O) groups is 1. The van der Waals surface area contributed by atoms with Gasteiger partial charge in [-0.1, -0.05) is 18.6 Å². The average Bonchev–Trinajstić information content (AvgIpc) is 2.35. The Morgan fingerprint density at radius 2 is 2.16 bits per heavy atom. The number of nitrogens with one attached hydrogen (secondary N) is 2. The van der Waals surface area contributed by atoms with Crippen LogP contribution in [0.5, 0.6) is 0 Å². The zero-order valence-corrected chi connectivity index (χ0v) is 11.9. The second-order valence-corrected chi connectivity index (χ2v) is 6.15. The summed E-state index contributed by atoms with van der Waals surface area (Å²) in [5, 5.41) is 5.73. The molecule has 1 fully saturated rings. The minimum absolute atomic E-state index is 0.208. The van der Waals surface area contributed by atoms with Gasteiger partial charge in [0.1, 0.15) is 5.82 Å². The molecule has 1 aromatic rings. The highest BCUT2D eigenvalue weighted by Gasteiger charge is 2.35. The molecule has 0 aliphatic heterocycles. The lowest BCUT2D eigenvalue weighted by atomic mass is 9.84. The maximum absolute atomic E-state index is 13.3. The second kappa shape index (κ2) is 6.39. The molecule has 1 saturated carbocycles. The van der Waals surface area contributed by atoms with Crippen LogP contribution in [0.3, 0.4) is 0 Å². The van der Waals surface area contributed by atoms with Crippen molar-refractivity contribution in [3.63, 3.8) is 0 Å². The molecule has 1 amide bonds. The summed E-state index contributed by atoms with van der Waals surface area (Å²) < 4.78 is 13.6. The number of benzene rings is 1. The third-order valence-corrected chi connectivity index (χ3v) is 5.00. The number of hydrogen-bond donors (Lipinski definition) is 2. The fraction of sp³-hybridized carbons (Fsp3) is 0.500. The molecule has 0 spiro atoms. The summed E-state index contributed by atoms with van der Waals surface area (Å²) in [6.45, 7) is 1.05. The van der Waals surface area contributed by atoms with Gasteiger partial charge in [0.05, 0.1) is 12.2 Å². The van der Waals surface area contributed by atoms with Crippen LogP contribution >= 0.6 is 11.8 Å². The van der Waals surface area contributed by atoms with E-state index >= 15 is 0 Å². The van der Waals surface area contributed by atoms with E-state index in [-0.39, 0.29) is 18.1 Å². The first-order valence-corrected chi connectivity index (χ1v) is 7.68. The maximum Gasteiger partial charge on any atom is 0.238 e. The molecule has 3 nitrogen and oxygen atoms in total. The third-order valence-electron chi connectivity index (χ3n) is 3.58. The standard InChI is InChI=1S/C14H19FN2OS/c1-19-14(7-4-8-14)10-16-9-13(18)17-12-6-3-2-5-11(12)15/h2-3,5-6,16H,4,7-10H2,1H3,(H,17,18). The molecule has 5 heteroatoms. The Bertz CT molecular complexity index is 443. The summed E-state index contributed by atoms with van der Waals surface area (Å²) >= 11 is 1.86. The molecule has 0 atom stereocenters. The van der Waals surface area contributed by atoms with E-state index in [1.807, 2.05) is 11.8 Å². The van der Waals surface area contributed by atoms with E-state index in [0.717, 1.165) is 6.54 Å². The fourth-order valence-electron chi connectivity index (χ4n) is 2.19. The molecule has 1 aliphatic rings. The number of anilines is 1. The minimum Gasteiger partial charge on any atom is -0.322 e. The van der Waals surface area contributed by atoms with Crippen molar-refractivity contribution >= 4 is 23.4 Å². The number of thioether (sulfide) groups is 1. The molecule has 0 aromatic heterocycles. The molecule has 0 radical (unpaired) electrons. The molecule has 0 heterocycles. The first kappa shape index (κ1) is 14.3. The largest absolute Gasteiger partial charge is 0.322 e. The molecule has 19 heavy (non-hydrogen) atoms. The minimum atomic E-state index is -0.407. The van der Waals surface area contributed by atoms with Crippen LogP contribution in [0.1, 0.15) is 19.3 Å². The van der Waals surface area contributed by atoms with Gasteiger partial charge < -0.3 is 10.6 Å². The first-order chi connectivity index (χ1) is 9.15. The van der Waals surface area contributed by atoms with Gasteiger partial charge in [0.15, 0.2) is 0 Å². The lowest BCUT2D eigenvalue weighted by Crippen LogP contribution is -2.45. The molecule has 2 N–H and O–H groups in total. The van der Waals surface area contributed by atoms with Crippen molar-refractivity contribution in [2.24, 2.45) is 0 Å². The number of hydrogen-bond acceptors (Lipinski definition) is 3. The Balaban J connectivity index is 1.75. The van der Waals surface area contributed by atoms with Crippen molar-refractivity contribution in [1.82, 2.24) is 5.32 Å². The molecule has 0 saturated heterocycles. The van der Waals surface area contributed by atoms with E-state index in [4.69, 9.17) is 0 Å². The Labute approximate surface area is 117 Å². The molecule has 2 rings (SSSR count). The van der Waals surface area contributed by atoms with Crippen molar-refractivity contribution in [2.45, 2.75) is 24.0 Å². The molecular weight excluding hydrogens is 263 g/mol. The summed E-state index contributed by atoms with van der Waals surface area (Å²) in [5.74, 6) is -0.615. The van der Waals surface area contributed by atoms with Gasteiger partial charge in [-0.15, -0.1) is 0 Å². The summed E-state index contributed by atoms with van der Waals surface area (Å²) in [6.07, 6.45) is 5.79. The SMILES string of the molecule is CSC1(CNCC(=O)Nc2ccccc2F)CCC1. The van der Waals surface area contributed by atoms with Gasteiger partial charge in [-0.3, -0.25) is 4.79 Å². The Kier molecular flexibility index (Phi) is 4.82. The quantitative estimate of drug-likeness (QED) is 0.843. The Morgan fingerprint density at radius 1 is 1.42 bits per heavy atom. The topological polar surface area (TPSA) is 41.1 Å². The van der Waals surface area contributed by atoms with E-state index in [9.17, 15) is 9.18 Å². The van der Waals surface area contributed by atoms with Crippen molar-refractivity contribution in [2.75, 3.05) is 24.7 Å². The van der Waals surface area contributed by atoms with Gasteiger partial charge in [0.2, 0.25) is 5.91 Å². The Morgan fingerprint density at radius 3 is 2.74 bits per heavy atom. The number of rotatable bonds is 6. The lowest BCUT2D eigenvalue weighted by Gasteiger charge is -2.40. The van der Waals surface area contributed by atoms with Crippen LogP contribution in [-0.2, 0) is 4.79 Å². The number of amides is 1. The van der Waals surface area contributed by atoms with Crippen molar-refractivity contribution in [3.05, 3.63) is 30.1 Å². The van der Waals surface area contributed by atoms with E-state index in [2.05, 4.69) is 16.9 Å². The monoisotopic (exact) mass is 282 g/mol.